The fourth-order valence-electron chi connectivity index (χ4n) is 1.83. The number of nitrogens with one attached hydrogen (secondary N) is 1. The zero-order chi connectivity index (χ0) is 12.9. The third kappa shape index (κ3) is 4.91. The summed E-state index contributed by atoms with van der Waals surface area (Å²) >= 11 is 0. The SMILES string of the molecule is O=C(O)C(CNCCN1CCCC1)C(F)(F)F. The minimum atomic E-state index is -4.69. The molecule has 4 nitrogen and oxygen atoms in total. The molecule has 1 saturated heterocycles. The topological polar surface area (TPSA) is 52.6 Å². The van der Waals surface area contributed by atoms with E-state index in [9.17, 15) is 18.0 Å². The van der Waals surface area contributed by atoms with Crippen molar-refractivity contribution in [3.63, 3.8) is 0 Å². The number of hydrogen-bond donors (Lipinski definition) is 2. The Bertz CT molecular complexity index is 252. The maximum absolute atomic E-state index is 12.3. The van der Waals surface area contributed by atoms with Gasteiger partial charge in [0.25, 0.3) is 0 Å². The smallest absolute Gasteiger partial charge is 0.403 e. The van der Waals surface area contributed by atoms with E-state index >= 15 is 0 Å². The van der Waals surface area contributed by atoms with Gasteiger partial charge in [-0.05, 0) is 25.9 Å². The molecule has 1 atom stereocenters. The molecule has 0 aromatic carbocycles. The van der Waals surface area contributed by atoms with Gasteiger partial charge in [-0.15, -0.1) is 0 Å². The zero-order valence-electron chi connectivity index (χ0n) is 9.46. The molecular formula is C10H17F3N2O2. The molecular weight excluding hydrogens is 237 g/mol. The molecule has 0 aromatic rings. The molecule has 7 heteroatoms. The number of hydrogen-bond acceptors (Lipinski definition) is 3. The van der Waals surface area contributed by atoms with E-state index in [0.717, 1.165) is 25.9 Å². The summed E-state index contributed by atoms with van der Waals surface area (Å²) in [5.74, 6) is -4.15. The third-order valence-corrected chi connectivity index (χ3v) is 2.85. The fourth-order valence-corrected chi connectivity index (χ4v) is 1.83. The van der Waals surface area contributed by atoms with Gasteiger partial charge >= 0.3 is 12.1 Å². The normalized spacial score (nSPS) is 19.5. The van der Waals surface area contributed by atoms with Crippen LogP contribution in [0.2, 0.25) is 0 Å². The Hall–Kier alpha value is -0.820. The van der Waals surface area contributed by atoms with Crippen molar-refractivity contribution in [2.45, 2.75) is 19.0 Å². The number of carboxylic acid groups (broad SMARTS) is 1. The Morgan fingerprint density at radius 2 is 1.94 bits per heavy atom. The Morgan fingerprint density at radius 3 is 2.41 bits per heavy atom. The Morgan fingerprint density at radius 1 is 1.35 bits per heavy atom. The highest BCUT2D eigenvalue weighted by molar-refractivity contribution is 5.71. The summed E-state index contributed by atoms with van der Waals surface area (Å²) in [6.07, 6.45) is -2.44. The monoisotopic (exact) mass is 254 g/mol. The van der Waals surface area contributed by atoms with E-state index in [4.69, 9.17) is 5.11 Å². The average Bonchev–Trinajstić information content (AvgIpc) is 2.67. The lowest BCUT2D eigenvalue weighted by molar-refractivity contribution is -0.192. The molecule has 1 heterocycles. The molecule has 0 aromatic heterocycles. The Labute approximate surface area is 97.8 Å². The molecule has 0 spiro atoms. The van der Waals surface area contributed by atoms with Crippen molar-refractivity contribution in [1.29, 1.82) is 0 Å². The molecule has 1 fully saturated rings. The summed E-state index contributed by atoms with van der Waals surface area (Å²) in [6.45, 7) is 2.45. The van der Waals surface area contributed by atoms with Gasteiger partial charge in [0.1, 0.15) is 0 Å². The summed E-state index contributed by atoms with van der Waals surface area (Å²) in [7, 11) is 0. The van der Waals surface area contributed by atoms with E-state index in [1.165, 1.54) is 0 Å². The van der Waals surface area contributed by atoms with Crippen LogP contribution >= 0.6 is 0 Å². The highest BCUT2D eigenvalue weighted by Gasteiger charge is 2.44. The number of aliphatic carboxylic acids is 1. The Balaban J connectivity index is 2.20. The summed E-state index contributed by atoms with van der Waals surface area (Å²) in [6, 6.07) is 0. The number of halogens is 3. The summed E-state index contributed by atoms with van der Waals surface area (Å²) in [5.41, 5.74) is 0. The van der Waals surface area contributed by atoms with Crippen molar-refractivity contribution in [2.75, 3.05) is 32.7 Å². The number of rotatable bonds is 6. The molecule has 0 aliphatic carbocycles. The molecule has 0 radical (unpaired) electrons. The number of likely N-dealkylation sites (tertiary alicyclic amines) is 1. The first-order valence-electron chi connectivity index (χ1n) is 5.64. The average molecular weight is 254 g/mol. The standard InChI is InChI=1S/C10H17F3N2O2/c11-10(12,13)8(9(16)17)7-14-3-6-15-4-1-2-5-15/h8,14H,1-7H2,(H,16,17). The molecule has 1 rings (SSSR count). The van der Waals surface area contributed by atoms with Crippen LogP contribution in [0.3, 0.4) is 0 Å². The minimum absolute atomic E-state index is 0.389. The quantitative estimate of drug-likeness (QED) is 0.692. The van der Waals surface area contributed by atoms with Crippen molar-refractivity contribution in [3.05, 3.63) is 0 Å². The summed E-state index contributed by atoms with van der Waals surface area (Å²) in [5, 5.41) is 11.0. The van der Waals surface area contributed by atoms with Crippen LogP contribution in [-0.2, 0) is 4.79 Å². The predicted molar refractivity (Wildman–Crippen MR) is 55.7 cm³/mol. The summed E-state index contributed by atoms with van der Waals surface area (Å²) in [4.78, 5) is 12.6. The molecule has 0 saturated carbocycles. The van der Waals surface area contributed by atoms with Gasteiger partial charge < -0.3 is 15.3 Å². The van der Waals surface area contributed by atoms with Crippen molar-refractivity contribution in [1.82, 2.24) is 10.2 Å². The number of nitrogens with zero attached hydrogens (tertiary/aromatic N) is 1. The van der Waals surface area contributed by atoms with Gasteiger partial charge in [0, 0.05) is 19.6 Å². The second kappa shape index (κ2) is 6.20. The van der Waals surface area contributed by atoms with Crippen LogP contribution in [0.5, 0.6) is 0 Å². The van der Waals surface area contributed by atoms with Crippen LogP contribution in [0.15, 0.2) is 0 Å². The van der Waals surface area contributed by atoms with E-state index in [1.807, 2.05) is 0 Å². The van der Waals surface area contributed by atoms with Crippen LogP contribution in [0.25, 0.3) is 0 Å². The van der Waals surface area contributed by atoms with Crippen LogP contribution < -0.4 is 5.32 Å². The molecule has 0 amide bonds. The lowest BCUT2D eigenvalue weighted by Crippen LogP contribution is -2.41. The highest BCUT2D eigenvalue weighted by Crippen LogP contribution is 2.25. The van der Waals surface area contributed by atoms with Crippen LogP contribution in [0.4, 0.5) is 13.2 Å². The van der Waals surface area contributed by atoms with E-state index in [0.29, 0.717) is 13.1 Å². The number of carbonyl (C=O) groups is 1. The molecule has 100 valence electrons. The molecule has 17 heavy (non-hydrogen) atoms. The minimum Gasteiger partial charge on any atom is -0.481 e. The van der Waals surface area contributed by atoms with E-state index in [2.05, 4.69) is 10.2 Å². The largest absolute Gasteiger partial charge is 0.481 e. The van der Waals surface area contributed by atoms with Crippen molar-refractivity contribution < 1.29 is 23.1 Å². The number of alkyl halides is 3. The van der Waals surface area contributed by atoms with Crippen LogP contribution in [0, 0.1) is 5.92 Å². The Kier molecular flexibility index (Phi) is 5.20. The molecule has 1 aliphatic rings. The second-order valence-corrected chi connectivity index (χ2v) is 4.19. The first kappa shape index (κ1) is 14.2. The summed E-state index contributed by atoms with van der Waals surface area (Å²) < 4.78 is 36.8. The van der Waals surface area contributed by atoms with Gasteiger partial charge in [-0.3, -0.25) is 4.79 Å². The third-order valence-electron chi connectivity index (χ3n) is 2.85. The van der Waals surface area contributed by atoms with Crippen LogP contribution in [0.1, 0.15) is 12.8 Å². The molecule has 1 aliphatic heterocycles. The lowest BCUT2D eigenvalue weighted by atomic mass is 10.1. The van der Waals surface area contributed by atoms with E-state index in [1.54, 1.807) is 0 Å². The first-order valence-corrected chi connectivity index (χ1v) is 5.64. The van der Waals surface area contributed by atoms with Gasteiger partial charge in [-0.1, -0.05) is 0 Å². The maximum Gasteiger partial charge on any atom is 0.403 e. The first-order chi connectivity index (χ1) is 7.91. The number of carboxylic acids is 1. The highest BCUT2D eigenvalue weighted by atomic mass is 19.4. The predicted octanol–water partition coefficient (Wildman–Crippen LogP) is 0.935. The zero-order valence-corrected chi connectivity index (χ0v) is 9.46. The van der Waals surface area contributed by atoms with E-state index < -0.39 is 24.6 Å². The maximum atomic E-state index is 12.3. The van der Waals surface area contributed by atoms with Gasteiger partial charge in [-0.25, -0.2) is 0 Å². The van der Waals surface area contributed by atoms with Crippen molar-refractivity contribution in [3.8, 4) is 0 Å². The molecule has 2 N–H and O–H groups in total. The van der Waals surface area contributed by atoms with Gasteiger partial charge in [0.2, 0.25) is 0 Å². The molecule has 1 unspecified atom stereocenters. The lowest BCUT2D eigenvalue weighted by Gasteiger charge is -2.18. The van der Waals surface area contributed by atoms with Crippen molar-refractivity contribution >= 4 is 5.97 Å². The molecule has 0 bridgehead atoms. The van der Waals surface area contributed by atoms with E-state index in [-0.39, 0.29) is 0 Å². The van der Waals surface area contributed by atoms with Crippen molar-refractivity contribution in [2.24, 2.45) is 5.92 Å². The van der Waals surface area contributed by atoms with Gasteiger partial charge in [0.15, 0.2) is 5.92 Å². The van der Waals surface area contributed by atoms with Gasteiger partial charge in [-0.2, -0.15) is 13.2 Å². The second-order valence-electron chi connectivity index (χ2n) is 4.19. The fraction of sp³-hybridized carbons (Fsp3) is 0.900. The van der Waals surface area contributed by atoms with Crippen LogP contribution in [-0.4, -0.2) is 54.9 Å². The van der Waals surface area contributed by atoms with Gasteiger partial charge in [0.05, 0.1) is 0 Å².